The summed E-state index contributed by atoms with van der Waals surface area (Å²) in [5.41, 5.74) is 9.18. The van der Waals surface area contributed by atoms with Gasteiger partial charge in [-0.15, -0.1) is 11.8 Å². The van der Waals surface area contributed by atoms with E-state index in [0.29, 0.717) is 34.2 Å². The van der Waals surface area contributed by atoms with Gasteiger partial charge in [-0.2, -0.15) is 5.10 Å². The zero-order valence-electron chi connectivity index (χ0n) is 18.2. The number of nitrogens with two attached hydrogens (primary N) is 1. The number of amides is 1. The largest absolute Gasteiger partial charge is 0.382 e. The van der Waals surface area contributed by atoms with Gasteiger partial charge in [-0.1, -0.05) is 60.2 Å². The highest BCUT2D eigenvalue weighted by molar-refractivity contribution is 8.03. The van der Waals surface area contributed by atoms with Crippen LogP contribution in [0, 0.1) is 0 Å². The molecule has 2 aromatic heterocycles. The van der Waals surface area contributed by atoms with E-state index in [-0.39, 0.29) is 11.9 Å². The molecule has 0 spiro atoms. The monoisotopic (exact) mass is 490 g/mol. The van der Waals surface area contributed by atoms with Gasteiger partial charge >= 0.3 is 0 Å². The summed E-state index contributed by atoms with van der Waals surface area (Å²) in [5.74, 6) is 0.865. The summed E-state index contributed by atoms with van der Waals surface area (Å²) in [6.07, 6.45) is 7.15. The molecule has 5 rings (SSSR count). The third-order valence-corrected chi connectivity index (χ3v) is 6.98. The topological polar surface area (TPSA) is 112 Å². The predicted octanol–water partition coefficient (Wildman–Crippen LogP) is 5.16. The fourth-order valence-electron chi connectivity index (χ4n) is 3.92. The summed E-state index contributed by atoms with van der Waals surface area (Å²) in [6, 6.07) is 15.3. The van der Waals surface area contributed by atoms with E-state index in [9.17, 15) is 4.79 Å². The second-order valence-electron chi connectivity index (χ2n) is 8.05. The Kier molecular flexibility index (Phi) is 6.42. The lowest BCUT2D eigenvalue weighted by molar-refractivity contribution is -0.117. The first-order valence-electron chi connectivity index (χ1n) is 10.9. The Morgan fingerprint density at radius 3 is 2.94 bits per heavy atom. The van der Waals surface area contributed by atoms with E-state index >= 15 is 0 Å². The molecule has 3 heterocycles. The molecule has 0 bridgehead atoms. The molecule has 172 valence electrons. The van der Waals surface area contributed by atoms with Crippen molar-refractivity contribution in [3.63, 3.8) is 0 Å². The average Bonchev–Trinajstić information content (AvgIpc) is 3.58. The van der Waals surface area contributed by atoms with Crippen LogP contribution in [0.2, 0.25) is 5.15 Å². The van der Waals surface area contributed by atoms with Crippen molar-refractivity contribution in [2.45, 2.75) is 24.1 Å². The Bertz CT molecular complexity index is 1370. The summed E-state index contributed by atoms with van der Waals surface area (Å²) in [6.45, 7) is 0. The number of fused-ring (bicyclic) bond motifs is 1. The third-order valence-electron chi connectivity index (χ3n) is 5.65. The van der Waals surface area contributed by atoms with Gasteiger partial charge in [0, 0.05) is 22.3 Å². The van der Waals surface area contributed by atoms with Crippen molar-refractivity contribution in [3.05, 3.63) is 88.7 Å². The number of imidazole rings is 1. The van der Waals surface area contributed by atoms with Crippen LogP contribution in [0.3, 0.4) is 0 Å². The fourth-order valence-corrected chi connectivity index (χ4v) is 4.98. The minimum atomic E-state index is -0.383. The first-order chi connectivity index (χ1) is 16.6. The number of carbonyl (C=O) groups excluding carboxylic acids is 1. The minimum absolute atomic E-state index is 0.170. The van der Waals surface area contributed by atoms with Crippen molar-refractivity contribution in [2.75, 3.05) is 5.73 Å². The molecular formula is C25H23ClN6OS. The number of nitrogens with one attached hydrogen (secondary N) is 3. The van der Waals surface area contributed by atoms with Crippen molar-refractivity contribution in [1.82, 2.24) is 25.5 Å². The van der Waals surface area contributed by atoms with Gasteiger partial charge in [0.05, 0.1) is 11.6 Å². The molecule has 0 radical (unpaired) electrons. The summed E-state index contributed by atoms with van der Waals surface area (Å²) in [4.78, 5) is 20.7. The van der Waals surface area contributed by atoms with Gasteiger partial charge in [-0.05, 0) is 35.9 Å². The molecule has 0 aliphatic carbocycles. The number of aromatic nitrogens is 4. The van der Waals surface area contributed by atoms with Crippen molar-refractivity contribution in [1.29, 1.82) is 0 Å². The number of hydrogen-bond acceptors (Lipinski definition) is 5. The molecule has 34 heavy (non-hydrogen) atoms. The Labute approximate surface area is 205 Å². The number of H-pyrrole nitrogens is 2. The molecule has 0 saturated carbocycles. The van der Waals surface area contributed by atoms with Crippen molar-refractivity contribution in [3.8, 4) is 11.3 Å². The molecular weight excluding hydrogens is 468 g/mol. The highest BCUT2D eigenvalue weighted by atomic mass is 35.5. The van der Waals surface area contributed by atoms with Crippen LogP contribution in [-0.4, -0.2) is 31.3 Å². The van der Waals surface area contributed by atoms with Crippen LogP contribution < -0.4 is 11.1 Å². The lowest BCUT2D eigenvalue weighted by Crippen LogP contribution is -2.29. The number of rotatable bonds is 7. The van der Waals surface area contributed by atoms with Crippen LogP contribution in [0.4, 0.5) is 5.82 Å². The fraction of sp³-hybridized carbons (Fsp3) is 0.160. The Balaban J connectivity index is 1.42. The minimum Gasteiger partial charge on any atom is -0.382 e. The van der Waals surface area contributed by atoms with Gasteiger partial charge in [-0.25, -0.2) is 4.98 Å². The molecule has 2 atom stereocenters. The number of hydrogen-bond donors (Lipinski definition) is 4. The maximum atomic E-state index is 12.8. The maximum Gasteiger partial charge on any atom is 0.244 e. The van der Waals surface area contributed by atoms with Crippen LogP contribution in [0.15, 0.2) is 72.2 Å². The zero-order chi connectivity index (χ0) is 23.5. The maximum absolute atomic E-state index is 12.8. The van der Waals surface area contributed by atoms with Gasteiger partial charge in [0.1, 0.15) is 16.7 Å². The van der Waals surface area contributed by atoms with E-state index in [0.717, 1.165) is 28.5 Å². The van der Waals surface area contributed by atoms with Gasteiger partial charge in [0.2, 0.25) is 5.91 Å². The third kappa shape index (κ3) is 4.88. The molecule has 1 amide bonds. The van der Waals surface area contributed by atoms with Crippen LogP contribution in [0.1, 0.15) is 23.9 Å². The summed E-state index contributed by atoms with van der Waals surface area (Å²) >= 11 is 8.27. The molecule has 2 aromatic carbocycles. The number of nitrogens with zero attached hydrogens (tertiary/aromatic N) is 2. The molecule has 5 N–H and O–H groups in total. The van der Waals surface area contributed by atoms with Crippen molar-refractivity contribution < 1.29 is 4.79 Å². The standard InChI is InChI=1S/C25H23ClN6OS/c26-23-22(16-8-10-18-19(14-16)31-32-24(18)27)29-25(30-23)20(13-15-5-2-1-3-6-15)28-21(33)11-9-17-7-4-12-34-17/h1-6,8-12,14,17,20H,7,13H2,(H,28,33)(H,29,30)(H3,27,31,32)/b11-9+/t17?,20-/m0/s1. The number of halogens is 1. The molecule has 1 aliphatic heterocycles. The predicted molar refractivity (Wildman–Crippen MR) is 138 cm³/mol. The summed E-state index contributed by atoms with van der Waals surface area (Å²) in [5, 5.41) is 13.7. The molecule has 0 saturated heterocycles. The average molecular weight is 491 g/mol. The SMILES string of the molecule is Nc1n[nH]c2cc(-c3nc([C@H](Cc4ccccc4)NC(=O)/C=C/C4CC=CS4)[nH]c3Cl)ccc12. The second kappa shape index (κ2) is 9.79. The molecule has 1 aliphatic rings. The van der Waals surface area contributed by atoms with Gasteiger partial charge in [0.25, 0.3) is 0 Å². The van der Waals surface area contributed by atoms with Gasteiger partial charge in [0.15, 0.2) is 5.82 Å². The van der Waals surface area contributed by atoms with Gasteiger partial charge < -0.3 is 16.0 Å². The Morgan fingerprint density at radius 2 is 2.15 bits per heavy atom. The number of allylic oxidation sites excluding steroid dienone is 1. The number of anilines is 1. The lowest BCUT2D eigenvalue weighted by Gasteiger charge is -2.16. The molecule has 4 aromatic rings. The van der Waals surface area contributed by atoms with E-state index in [1.807, 2.05) is 54.6 Å². The number of thioether (sulfide) groups is 1. The van der Waals surface area contributed by atoms with E-state index in [4.69, 9.17) is 22.3 Å². The number of benzene rings is 2. The Morgan fingerprint density at radius 1 is 1.29 bits per heavy atom. The van der Waals surface area contributed by atoms with Gasteiger partial charge in [-0.3, -0.25) is 9.89 Å². The van der Waals surface area contributed by atoms with E-state index in [1.54, 1.807) is 17.8 Å². The smallest absolute Gasteiger partial charge is 0.244 e. The van der Waals surface area contributed by atoms with Crippen LogP contribution in [0.5, 0.6) is 0 Å². The van der Waals surface area contributed by atoms with Crippen molar-refractivity contribution >= 4 is 46.0 Å². The molecule has 9 heteroatoms. The number of carbonyl (C=O) groups is 1. The van der Waals surface area contributed by atoms with Crippen LogP contribution in [-0.2, 0) is 11.2 Å². The van der Waals surface area contributed by atoms with E-state index in [1.165, 1.54) is 0 Å². The first-order valence-corrected chi connectivity index (χ1v) is 12.2. The lowest BCUT2D eigenvalue weighted by atomic mass is 10.1. The highest BCUT2D eigenvalue weighted by Gasteiger charge is 2.21. The molecule has 0 fully saturated rings. The molecule has 1 unspecified atom stereocenters. The first kappa shape index (κ1) is 22.3. The van der Waals surface area contributed by atoms with Crippen LogP contribution in [0.25, 0.3) is 22.2 Å². The second-order valence-corrected chi connectivity index (χ2v) is 9.57. The normalized spacial score (nSPS) is 16.4. The molecule has 7 nitrogen and oxygen atoms in total. The zero-order valence-corrected chi connectivity index (χ0v) is 19.7. The highest BCUT2D eigenvalue weighted by Crippen LogP contribution is 2.31. The van der Waals surface area contributed by atoms with Crippen molar-refractivity contribution in [2.24, 2.45) is 0 Å². The van der Waals surface area contributed by atoms with E-state index in [2.05, 4.69) is 32.0 Å². The van der Waals surface area contributed by atoms with Crippen LogP contribution >= 0.6 is 23.4 Å². The summed E-state index contributed by atoms with van der Waals surface area (Å²) < 4.78 is 0. The number of nitrogen functional groups attached to an aromatic ring is 1. The number of aromatic amines is 2. The Hall–Kier alpha value is -3.49. The quantitative estimate of drug-likeness (QED) is 0.267. The van der Waals surface area contributed by atoms with E-state index < -0.39 is 0 Å². The summed E-state index contributed by atoms with van der Waals surface area (Å²) in [7, 11) is 0.